The fraction of sp³-hybridized carbons (Fsp3) is 0.364. The molecule has 0 unspecified atom stereocenters. The highest BCUT2D eigenvalue weighted by molar-refractivity contribution is 9.11. The van der Waals surface area contributed by atoms with Crippen LogP contribution in [0.15, 0.2) is 26.0 Å². The van der Waals surface area contributed by atoms with Gasteiger partial charge in [0.05, 0.1) is 6.54 Å². The van der Waals surface area contributed by atoms with E-state index < -0.39 is 10.0 Å². The first kappa shape index (κ1) is 17.4. The summed E-state index contributed by atoms with van der Waals surface area (Å²) in [6, 6.07) is 3.01. The van der Waals surface area contributed by atoms with E-state index in [4.69, 9.17) is 5.73 Å². The largest absolute Gasteiger partial charge is 0.399 e. The third-order valence-corrected chi connectivity index (χ3v) is 6.37. The van der Waals surface area contributed by atoms with Crippen LogP contribution in [0.25, 0.3) is 0 Å². The van der Waals surface area contributed by atoms with Crippen molar-refractivity contribution in [3.63, 3.8) is 0 Å². The van der Waals surface area contributed by atoms with Crippen LogP contribution in [-0.4, -0.2) is 38.8 Å². The van der Waals surface area contributed by atoms with Crippen LogP contribution in [0.4, 0.5) is 5.69 Å². The van der Waals surface area contributed by atoms with E-state index in [0.29, 0.717) is 14.6 Å². The molecule has 0 radical (unpaired) electrons. The molecule has 6 nitrogen and oxygen atoms in total. The van der Waals surface area contributed by atoms with Crippen LogP contribution in [0, 0.1) is 0 Å². The van der Waals surface area contributed by atoms with E-state index in [-0.39, 0.29) is 23.9 Å². The maximum Gasteiger partial charge on any atom is 0.245 e. The van der Waals surface area contributed by atoms with E-state index in [1.165, 1.54) is 19.2 Å². The predicted octanol–water partition coefficient (Wildman–Crippen LogP) is 1.55. The SMILES string of the molecule is CCN(CC(=O)NC)S(=O)(=O)c1c(Br)cc(N)cc1Br. The molecular formula is C11H15Br2N3O3S. The van der Waals surface area contributed by atoms with Crippen molar-refractivity contribution in [2.24, 2.45) is 0 Å². The van der Waals surface area contributed by atoms with Crippen LogP contribution in [-0.2, 0) is 14.8 Å². The Kier molecular flexibility index (Phi) is 5.99. The molecule has 0 aliphatic rings. The average Bonchev–Trinajstić information content (AvgIpc) is 2.33. The lowest BCUT2D eigenvalue weighted by Crippen LogP contribution is -2.39. The van der Waals surface area contributed by atoms with Crippen LogP contribution in [0.1, 0.15) is 6.92 Å². The highest BCUT2D eigenvalue weighted by Gasteiger charge is 2.29. The molecule has 3 N–H and O–H groups in total. The predicted molar refractivity (Wildman–Crippen MR) is 84.8 cm³/mol. The minimum absolute atomic E-state index is 0.0532. The minimum Gasteiger partial charge on any atom is -0.399 e. The van der Waals surface area contributed by atoms with E-state index in [2.05, 4.69) is 37.2 Å². The number of hydrogen-bond donors (Lipinski definition) is 2. The third-order valence-electron chi connectivity index (χ3n) is 2.57. The van der Waals surface area contributed by atoms with Gasteiger partial charge in [-0.2, -0.15) is 4.31 Å². The van der Waals surface area contributed by atoms with Gasteiger partial charge in [0.2, 0.25) is 15.9 Å². The van der Waals surface area contributed by atoms with Gasteiger partial charge in [0.25, 0.3) is 0 Å². The molecule has 1 rings (SSSR count). The minimum atomic E-state index is -3.81. The molecule has 0 aromatic heterocycles. The zero-order chi connectivity index (χ0) is 15.5. The van der Waals surface area contributed by atoms with E-state index in [1.54, 1.807) is 6.92 Å². The summed E-state index contributed by atoms with van der Waals surface area (Å²) < 4.78 is 27.0. The van der Waals surface area contributed by atoms with Crippen molar-refractivity contribution in [1.29, 1.82) is 0 Å². The number of amides is 1. The summed E-state index contributed by atoms with van der Waals surface area (Å²) in [5, 5.41) is 2.40. The smallest absolute Gasteiger partial charge is 0.245 e. The van der Waals surface area contributed by atoms with Gasteiger partial charge < -0.3 is 11.1 Å². The Balaban J connectivity index is 3.31. The van der Waals surface area contributed by atoms with Gasteiger partial charge in [-0.25, -0.2) is 8.42 Å². The number of nitrogens with two attached hydrogens (primary N) is 1. The van der Waals surface area contributed by atoms with Crippen LogP contribution in [0.5, 0.6) is 0 Å². The molecule has 0 saturated heterocycles. The molecule has 20 heavy (non-hydrogen) atoms. The molecule has 0 heterocycles. The lowest BCUT2D eigenvalue weighted by atomic mass is 10.3. The molecule has 0 aliphatic carbocycles. The van der Waals surface area contributed by atoms with Crippen LogP contribution in [0.2, 0.25) is 0 Å². The number of nitrogens with one attached hydrogen (secondary N) is 1. The summed E-state index contributed by atoms with van der Waals surface area (Å²) in [5.41, 5.74) is 6.08. The van der Waals surface area contributed by atoms with Crippen LogP contribution >= 0.6 is 31.9 Å². The average molecular weight is 429 g/mol. The maximum atomic E-state index is 12.6. The normalized spacial score (nSPS) is 11.7. The number of benzene rings is 1. The summed E-state index contributed by atoms with van der Waals surface area (Å²) in [7, 11) is -2.36. The maximum absolute atomic E-state index is 12.6. The first-order valence-corrected chi connectivity index (χ1v) is 8.71. The van der Waals surface area contributed by atoms with Gasteiger partial charge in [0.1, 0.15) is 4.90 Å². The second-order valence-corrected chi connectivity index (χ2v) is 7.50. The lowest BCUT2D eigenvalue weighted by Gasteiger charge is -2.21. The Morgan fingerprint density at radius 1 is 1.35 bits per heavy atom. The molecule has 1 aromatic carbocycles. The molecular weight excluding hydrogens is 414 g/mol. The number of likely N-dealkylation sites (N-methyl/N-ethyl adjacent to an activating group) is 2. The first-order valence-electron chi connectivity index (χ1n) is 5.69. The molecule has 1 aromatic rings. The van der Waals surface area contributed by atoms with Gasteiger partial charge in [0.15, 0.2) is 0 Å². The summed E-state index contributed by atoms with van der Waals surface area (Å²) in [4.78, 5) is 11.5. The van der Waals surface area contributed by atoms with Gasteiger partial charge in [-0.05, 0) is 44.0 Å². The molecule has 0 aliphatic heterocycles. The van der Waals surface area contributed by atoms with Crippen molar-refractivity contribution < 1.29 is 13.2 Å². The molecule has 0 spiro atoms. The summed E-state index contributed by atoms with van der Waals surface area (Å²) >= 11 is 6.40. The third kappa shape index (κ3) is 3.72. The number of nitrogens with zero attached hydrogens (tertiary/aromatic N) is 1. The van der Waals surface area contributed by atoms with E-state index in [9.17, 15) is 13.2 Å². The number of halogens is 2. The van der Waals surface area contributed by atoms with E-state index in [0.717, 1.165) is 4.31 Å². The fourth-order valence-electron chi connectivity index (χ4n) is 1.56. The fourth-order valence-corrected chi connectivity index (χ4v) is 5.51. The highest BCUT2D eigenvalue weighted by Crippen LogP contribution is 2.34. The Bertz CT molecular complexity index is 596. The molecule has 0 saturated carbocycles. The van der Waals surface area contributed by atoms with Crippen molar-refractivity contribution in [1.82, 2.24) is 9.62 Å². The number of hydrogen-bond acceptors (Lipinski definition) is 4. The number of rotatable bonds is 5. The molecule has 1 amide bonds. The second kappa shape index (κ2) is 6.88. The standard InChI is InChI=1S/C11H15Br2N3O3S/c1-3-16(6-10(17)15-2)20(18,19)11-8(12)4-7(14)5-9(11)13/h4-5H,3,6,14H2,1-2H3,(H,15,17). The zero-order valence-corrected chi connectivity index (χ0v) is 15.0. The summed E-state index contributed by atoms with van der Waals surface area (Å²) in [5.74, 6) is -0.377. The second-order valence-electron chi connectivity index (χ2n) is 3.92. The Hall–Kier alpha value is -0.640. The number of nitrogen functional groups attached to an aromatic ring is 1. The van der Waals surface area contributed by atoms with Crippen molar-refractivity contribution in [2.45, 2.75) is 11.8 Å². The van der Waals surface area contributed by atoms with Crippen molar-refractivity contribution >= 4 is 53.5 Å². The monoisotopic (exact) mass is 427 g/mol. The van der Waals surface area contributed by atoms with Gasteiger partial charge in [0, 0.05) is 28.2 Å². The van der Waals surface area contributed by atoms with Crippen LogP contribution in [0.3, 0.4) is 0 Å². The number of carbonyl (C=O) groups is 1. The van der Waals surface area contributed by atoms with Gasteiger partial charge >= 0.3 is 0 Å². The molecule has 0 atom stereocenters. The number of carbonyl (C=O) groups excluding carboxylic acids is 1. The van der Waals surface area contributed by atoms with Crippen LogP contribution < -0.4 is 11.1 Å². The van der Waals surface area contributed by atoms with E-state index in [1.807, 2.05) is 0 Å². The molecule has 0 fully saturated rings. The molecule has 9 heteroatoms. The van der Waals surface area contributed by atoms with Crippen molar-refractivity contribution in [3.05, 3.63) is 21.1 Å². The Morgan fingerprint density at radius 3 is 2.25 bits per heavy atom. The Labute approximate surface area is 135 Å². The van der Waals surface area contributed by atoms with Gasteiger partial charge in [-0.3, -0.25) is 4.79 Å². The first-order chi connectivity index (χ1) is 9.23. The summed E-state index contributed by atoms with van der Waals surface area (Å²) in [6.45, 7) is 1.61. The lowest BCUT2D eigenvalue weighted by molar-refractivity contribution is -0.120. The highest BCUT2D eigenvalue weighted by atomic mass is 79.9. The molecule has 112 valence electrons. The van der Waals surface area contributed by atoms with E-state index >= 15 is 0 Å². The summed E-state index contributed by atoms with van der Waals surface area (Å²) in [6.07, 6.45) is 0. The van der Waals surface area contributed by atoms with Gasteiger partial charge in [-0.15, -0.1) is 0 Å². The zero-order valence-electron chi connectivity index (χ0n) is 11.0. The number of anilines is 1. The molecule has 0 bridgehead atoms. The van der Waals surface area contributed by atoms with Crippen molar-refractivity contribution in [3.8, 4) is 0 Å². The quantitative estimate of drug-likeness (QED) is 0.696. The van der Waals surface area contributed by atoms with Crippen molar-refractivity contribution in [2.75, 3.05) is 25.9 Å². The topological polar surface area (TPSA) is 92.5 Å². The number of sulfonamides is 1. The van der Waals surface area contributed by atoms with Gasteiger partial charge in [-0.1, -0.05) is 6.92 Å². The Morgan fingerprint density at radius 2 is 1.85 bits per heavy atom.